The summed E-state index contributed by atoms with van der Waals surface area (Å²) in [6.07, 6.45) is 4.83. The Morgan fingerprint density at radius 1 is 1.07 bits per heavy atom. The predicted molar refractivity (Wildman–Crippen MR) is 60.1 cm³/mol. The fraction of sp³-hybridized carbons (Fsp3) is 1.00. The van der Waals surface area contributed by atoms with Crippen molar-refractivity contribution in [2.45, 2.75) is 32.6 Å². The minimum atomic E-state index is 0.302. The monoisotopic (exact) mass is 216 g/mol. The maximum Gasteiger partial charge on any atom is 0.0564 e. The zero-order valence-corrected chi connectivity index (χ0v) is 10.1. The molecule has 0 aliphatic carbocycles. The van der Waals surface area contributed by atoms with Crippen LogP contribution in [-0.2, 0) is 14.2 Å². The van der Waals surface area contributed by atoms with Crippen LogP contribution in [0.3, 0.4) is 0 Å². The molecule has 3 nitrogen and oxygen atoms in total. The highest BCUT2D eigenvalue weighted by Gasteiger charge is 2.33. The van der Waals surface area contributed by atoms with E-state index in [1.54, 1.807) is 7.11 Å². The van der Waals surface area contributed by atoms with Crippen LogP contribution in [0.1, 0.15) is 32.6 Å². The van der Waals surface area contributed by atoms with Gasteiger partial charge in [-0.1, -0.05) is 19.8 Å². The SMILES string of the molecule is COCCCCCCOCC1(C)COC1. The second-order valence-electron chi connectivity index (χ2n) is 4.76. The molecule has 0 unspecified atom stereocenters. The topological polar surface area (TPSA) is 27.7 Å². The Labute approximate surface area is 93.1 Å². The molecule has 0 radical (unpaired) electrons. The van der Waals surface area contributed by atoms with Crippen LogP contribution in [0.2, 0.25) is 0 Å². The molecule has 0 bridgehead atoms. The molecular weight excluding hydrogens is 192 g/mol. The second-order valence-corrected chi connectivity index (χ2v) is 4.76. The normalized spacial score (nSPS) is 18.8. The van der Waals surface area contributed by atoms with Crippen molar-refractivity contribution >= 4 is 0 Å². The van der Waals surface area contributed by atoms with E-state index in [4.69, 9.17) is 14.2 Å². The maximum absolute atomic E-state index is 5.64. The van der Waals surface area contributed by atoms with Gasteiger partial charge in [0.25, 0.3) is 0 Å². The molecule has 0 aromatic heterocycles. The molecule has 1 saturated heterocycles. The van der Waals surface area contributed by atoms with Crippen molar-refractivity contribution in [2.24, 2.45) is 5.41 Å². The minimum absolute atomic E-state index is 0.302. The van der Waals surface area contributed by atoms with Gasteiger partial charge in [0.05, 0.1) is 19.8 Å². The Bertz CT molecular complexity index is 155. The summed E-state index contributed by atoms with van der Waals surface area (Å²) in [5.41, 5.74) is 0.302. The van der Waals surface area contributed by atoms with E-state index < -0.39 is 0 Å². The van der Waals surface area contributed by atoms with E-state index in [0.717, 1.165) is 33.0 Å². The third kappa shape index (κ3) is 5.50. The smallest absolute Gasteiger partial charge is 0.0564 e. The molecule has 0 amide bonds. The zero-order valence-electron chi connectivity index (χ0n) is 10.1. The summed E-state index contributed by atoms with van der Waals surface area (Å²) in [5.74, 6) is 0. The van der Waals surface area contributed by atoms with Crippen LogP contribution >= 0.6 is 0 Å². The minimum Gasteiger partial charge on any atom is -0.385 e. The third-order valence-corrected chi connectivity index (χ3v) is 2.74. The van der Waals surface area contributed by atoms with Crippen LogP contribution in [0.5, 0.6) is 0 Å². The molecule has 0 spiro atoms. The lowest BCUT2D eigenvalue weighted by Gasteiger charge is -2.37. The lowest BCUT2D eigenvalue weighted by Crippen LogP contribution is -2.43. The Hall–Kier alpha value is -0.120. The van der Waals surface area contributed by atoms with Crippen molar-refractivity contribution in [1.29, 1.82) is 0 Å². The Kier molecular flexibility index (Phi) is 6.22. The van der Waals surface area contributed by atoms with E-state index >= 15 is 0 Å². The first-order valence-corrected chi connectivity index (χ1v) is 5.91. The van der Waals surface area contributed by atoms with Gasteiger partial charge in [0.15, 0.2) is 0 Å². The number of rotatable bonds is 9. The average molecular weight is 216 g/mol. The van der Waals surface area contributed by atoms with Gasteiger partial charge in [-0.15, -0.1) is 0 Å². The molecule has 0 saturated carbocycles. The highest BCUT2D eigenvalue weighted by Crippen LogP contribution is 2.26. The van der Waals surface area contributed by atoms with Gasteiger partial charge in [-0.25, -0.2) is 0 Å². The van der Waals surface area contributed by atoms with Gasteiger partial charge in [-0.05, 0) is 12.8 Å². The molecular formula is C12H24O3. The maximum atomic E-state index is 5.64. The molecule has 90 valence electrons. The number of hydrogen-bond donors (Lipinski definition) is 0. The molecule has 1 heterocycles. The first-order chi connectivity index (χ1) is 7.27. The van der Waals surface area contributed by atoms with Crippen LogP contribution in [0.4, 0.5) is 0 Å². The van der Waals surface area contributed by atoms with Gasteiger partial charge in [-0.3, -0.25) is 0 Å². The molecule has 1 aliphatic heterocycles. The highest BCUT2D eigenvalue weighted by atomic mass is 16.5. The van der Waals surface area contributed by atoms with Crippen molar-refractivity contribution in [3.8, 4) is 0 Å². The van der Waals surface area contributed by atoms with E-state index in [0.29, 0.717) is 5.41 Å². The molecule has 1 aliphatic rings. The molecule has 0 aromatic rings. The summed E-state index contributed by atoms with van der Waals surface area (Å²) in [6.45, 7) is 6.57. The van der Waals surface area contributed by atoms with E-state index in [1.807, 2.05) is 0 Å². The largest absolute Gasteiger partial charge is 0.385 e. The van der Waals surface area contributed by atoms with Crippen LogP contribution in [0, 0.1) is 5.41 Å². The summed E-state index contributed by atoms with van der Waals surface area (Å²) in [5, 5.41) is 0. The fourth-order valence-corrected chi connectivity index (χ4v) is 1.66. The average Bonchev–Trinajstić information content (AvgIpc) is 2.19. The van der Waals surface area contributed by atoms with E-state index in [-0.39, 0.29) is 0 Å². The number of ether oxygens (including phenoxy) is 3. The number of hydrogen-bond acceptors (Lipinski definition) is 3. The van der Waals surface area contributed by atoms with Crippen LogP contribution in [0.25, 0.3) is 0 Å². The Morgan fingerprint density at radius 3 is 2.27 bits per heavy atom. The standard InChI is InChI=1S/C12H24O3/c1-12(10-15-11-12)9-14-8-6-4-3-5-7-13-2/h3-11H2,1-2H3. The van der Waals surface area contributed by atoms with Crippen molar-refractivity contribution in [2.75, 3.05) is 40.1 Å². The van der Waals surface area contributed by atoms with Gasteiger partial charge < -0.3 is 14.2 Å². The highest BCUT2D eigenvalue weighted by molar-refractivity contribution is 4.79. The number of unbranched alkanes of at least 4 members (excludes halogenated alkanes) is 3. The van der Waals surface area contributed by atoms with Crippen LogP contribution in [-0.4, -0.2) is 40.1 Å². The quantitative estimate of drug-likeness (QED) is 0.553. The van der Waals surface area contributed by atoms with Crippen LogP contribution < -0.4 is 0 Å². The summed E-state index contributed by atoms with van der Waals surface area (Å²) >= 11 is 0. The predicted octanol–water partition coefficient (Wildman–Crippen LogP) is 2.25. The van der Waals surface area contributed by atoms with E-state index in [1.165, 1.54) is 25.7 Å². The van der Waals surface area contributed by atoms with Gasteiger partial charge in [-0.2, -0.15) is 0 Å². The Balaban J connectivity index is 1.77. The molecule has 0 atom stereocenters. The van der Waals surface area contributed by atoms with E-state index in [9.17, 15) is 0 Å². The first-order valence-electron chi connectivity index (χ1n) is 5.91. The van der Waals surface area contributed by atoms with E-state index in [2.05, 4.69) is 6.92 Å². The lowest BCUT2D eigenvalue weighted by molar-refractivity contribution is -0.137. The van der Waals surface area contributed by atoms with Gasteiger partial charge in [0.2, 0.25) is 0 Å². The summed E-state index contributed by atoms with van der Waals surface area (Å²) in [6, 6.07) is 0. The van der Waals surface area contributed by atoms with Crippen LogP contribution in [0.15, 0.2) is 0 Å². The molecule has 15 heavy (non-hydrogen) atoms. The Morgan fingerprint density at radius 2 is 1.73 bits per heavy atom. The van der Waals surface area contributed by atoms with Gasteiger partial charge in [0, 0.05) is 25.7 Å². The fourth-order valence-electron chi connectivity index (χ4n) is 1.66. The van der Waals surface area contributed by atoms with Crippen molar-refractivity contribution in [3.05, 3.63) is 0 Å². The summed E-state index contributed by atoms with van der Waals surface area (Å²) in [7, 11) is 1.75. The summed E-state index contributed by atoms with van der Waals surface area (Å²) < 4.78 is 15.8. The molecule has 1 rings (SSSR count). The zero-order chi connectivity index (χ0) is 11.0. The molecule has 0 N–H and O–H groups in total. The first kappa shape index (κ1) is 12.9. The molecule has 3 heteroatoms. The number of methoxy groups -OCH3 is 1. The van der Waals surface area contributed by atoms with Crippen molar-refractivity contribution < 1.29 is 14.2 Å². The van der Waals surface area contributed by atoms with Crippen molar-refractivity contribution in [3.63, 3.8) is 0 Å². The van der Waals surface area contributed by atoms with Gasteiger partial charge >= 0.3 is 0 Å². The molecule has 1 fully saturated rings. The van der Waals surface area contributed by atoms with Crippen molar-refractivity contribution in [1.82, 2.24) is 0 Å². The second kappa shape index (κ2) is 7.20. The summed E-state index contributed by atoms with van der Waals surface area (Å²) in [4.78, 5) is 0. The lowest BCUT2D eigenvalue weighted by atomic mass is 9.90. The van der Waals surface area contributed by atoms with Gasteiger partial charge in [0.1, 0.15) is 0 Å². The molecule has 0 aromatic carbocycles. The third-order valence-electron chi connectivity index (χ3n) is 2.74.